The molecule has 3 aliphatic heterocycles. The first kappa shape index (κ1) is 33.0. The summed E-state index contributed by atoms with van der Waals surface area (Å²) in [6.07, 6.45) is 10.6. The molecule has 4 aromatic rings. The quantitative estimate of drug-likeness (QED) is 0.116. The van der Waals surface area contributed by atoms with E-state index in [0.29, 0.717) is 73.8 Å². The SMILES string of the molecule is C#Cc1c(F)ccc2cc(O)cc(-c3nc(SC)c4c(N5CC6CCC(C5)N6)nc(OCC5(CN6CCC(=C(F)F)CC6)CC5)nc4c3F)c12. The number of phenols is 1. The Morgan fingerprint density at radius 1 is 1.08 bits per heavy atom. The van der Waals surface area contributed by atoms with E-state index < -0.39 is 17.7 Å². The summed E-state index contributed by atoms with van der Waals surface area (Å²) in [5.74, 6) is 1.38. The fraction of sp³-hybridized carbons (Fsp3) is 0.432. The topological polar surface area (TPSA) is 86.6 Å². The molecule has 2 aromatic heterocycles. The molecule has 0 spiro atoms. The number of nitrogens with one attached hydrogen (secondary N) is 1. The van der Waals surface area contributed by atoms with Crippen LogP contribution < -0.4 is 15.0 Å². The highest BCUT2D eigenvalue weighted by Gasteiger charge is 2.45. The minimum atomic E-state index is -1.56. The zero-order valence-corrected chi connectivity index (χ0v) is 28.4. The second kappa shape index (κ2) is 12.9. The van der Waals surface area contributed by atoms with Gasteiger partial charge in [0.25, 0.3) is 6.08 Å². The summed E-state index contributed by atoms with van der Waals surface area (Å²) in [5, 5.41) is 15.9. The predicted octanol–water partition coefficient (Wildman–Crippen LogP) is 6.88. The van der Waals surface area contributed by atoms with Gasteiger partial charge in [0.05, 0.1) is 17.6 Å². The zero-order valence-electron chi connectivity index (χ0n) is 27.5. The number of nitrogens with zero attached hydrogens (tertiary/aromatic N) is 5. The second-order valence-corrected chi connectivity index (χ2v) is 14.8. The number of piperazine rings is 1. The van der Waals surface area contributed by atoms with Crippen LogP contribution in [0.3, 0.4) is 0 Å². The van der Waals surface area contributed by atoms with E-state index in [-0.39, 0.29) is 62.6 Å². The first-order valence-electron chi connectivity index (χ1n) is 16.9. The van der Waals surface area contributed by atoms with Gasteiger partial charge in [0, 0.05) is 61.2 Å². The second-order valence-electron chi connectivity index (χ2n) is 14.0. The predicted molar refractivity (Wildman–Crippen MR) is 186 cm³/mol. The molecule has 4 fully saturated rings. The number of terminal acetylenes is 1. The van der Waals surface area contributed by atoms with E-state index in [0.717, 1.165) is 25.7 Å². The first-order chi connectivity index (χ1) is 24.1. The molecule has 2 atom stereocenters. The van der Waals surface area contributed by atoms with Crippen molar-refractivity contribution in [3.05, 3.63) is 53.1 Å². The Bertz CT molecular complexity index is 2070. The zero-order chi connectivity index (χ0) is 34.7. The van der Waals surface area contributed by atoms with Gasteiger partial charge in [0.2, 0.25) is 0 Å². The first-order valence-corrected chi connectivity index (χ1v) is 18.1. The van der Waals surface area contributed by atoms with Crippen LogP contribution in [0.5, 0.6) is 11.8 Å². The van der Waals surface area contributed by atoms with Crippen molar-refractivity contribution in [1.29, 1.82) is 0 Å². The van der Waals surface area contributed by atoms with Crippen molar-refractivity contribution in [2.75, 3.05) is 50.5 Å². The molecule has 5 heterocycles. The standard InChI is InChI=1S/C37H36F4N6O2S/c1-3-25-27(38)7-4-21-14-24(48)15-26(28(21)25)31-30(39)32-29(35(43-31)50-2)34(47-16-22-5-6-23(17-47)42-22)45-36(44-32)49-19-37(10-11-37)18-46-12-8-20(9-13-46)33(40)41/h1,4,7,14-15,22-23,42,48H,5-6,8-13,16-19H2,2H3. The summed E-state index contributed by atoms with van der Waals surface area (Å²) < 4.78 is 64.6. The van der Waals surface area contributed by atoms with Gasteiger partial charge in [-0.1, -0.05) is 12.0 Å². The van der Waals surface area contributed by atoms with E-state index in [1.54, 1.807) is 0 Å². The van der Waals surface area contributed by atoms with Crippen LogP contribution in [-0.2, 0) is 0 Å². The fourth-order valence-electron chi connectivity index (χ4n) is 7.83. The lowest BCUT2D eigenvalue weighted by atomic mass is 9.96. The van der Waals surface area contributed by atoms with Gasteiger partial charge in [-0.05, 0) is 73.9 Å². The number of hydrogen-bond acceptors (Lipinski definition) is 9. The summed E-state index contributed by atoms with van der Waals surface area (Å²) in [5.41, 5.74) is 0.0509. The molecule has 4 aliphatic rings. The smallest absolute Gasteiger partial charge is 0.319 e. The average Bonchev–Trinajstić information content (AvgIpc) is 3.80. The number of aromatic hydroxyl groups is 1. The van der Waals surface area contributed by atoms with E-state index in [9.17, 15) is 18.3 Å². The highest BCUT2D eigenvalue weighted by molar-refractivity contribution is 7.98. The number of rotatable bonds is 8. The monoisotopic (exact) mass is 704 g/mol. The van der Waals surface area contributed by atoms with Crippen molar-refractivity contribution in [3.63, 3.8) is 0 Å². The van der Waals surface area contributed by atoms with Gasteiger partial charge < -0.3 is 25.0 Å². The van der Waals surface area contributed by atoms with Crippen LogP contribution in [0.1, 0.15) is 44.1 Å². The van der Waals surface area contributed by atoms with Crippen molar-refractivity contribution in [2.24, 2.45) is 5.41 Å². The summed E-state index contributed by atoms with van der Waals surface area (Å²) >= 11 is 1.32. The largest absolute Gasteiger partial charge is 0.508 e. The van der Waals surface area contributed by atoms with Crippen LogP contribution in [0.2, 0.25) is 0 Å². The van der Waals surface area contributed by atoms with Gasteiger partial charge in [0.15, 0.2) is 5.82 Å². The Morgan fingerprint density at radius 2 is 1.82 bits per heavy atom. The summed E-state index contributed by atoms with van der Waals surface area (Å²) in [6.45, 7) is 3.52. The van der Waals surface area contributed by atoms with Crippen LogP contribution in [-0.4, -0.2) is 82.6 Å². The minimum absolute atomic E-state index is 0.00817. The van der Waals surface area contributed by atoms with Crippen LogP contribution in [0.4, 0.5) is 23.4 Å². The number of pyridine rings is 1. The lowest BCUT2D eigenvalue weighted by Gasteiger charge is -2.34. The van der Waals surface area contributed by atoms with Crippen molar-refractivity contribution >= 4 is 39.3 Å². The molecule has 260 valence electrons. The molecule has 0 amide bonds. The van der Waals surface area contributed by atoms with Gasteiger partial charge in [-0.2, -0.15) is 18.7 Å². The number of ether oxygens (including phenoxy) is 1. The number of benzene rings is 2. The molecule has 2 N–H and O–H groups in total. The molecule has 2 bridgehead atoms. The number of piperidine rings is 1. The number of phenolic OH excluding ortho intramolecular Hbond substituents is 1. The van der Waals surface area contributed by atoms with Crippen LogP contribution in [0.15, 0.2) is 40.9 Å². The van der Waals surface area contributed by atoms with Gasteiger partial charge >= 0.3 is 6.01 Å². The molecule has 8 rings (SSSR count). The number of thioether (sulfide) groups is 1. The Kier molecular flexibility index (Phi) is 8.52. The maximum absolute atomic E-state index is 17.1. The Morgan fingerprint density at radius 3 is 2.48 bits per heavy atom. The molecule has 13 heteroatoms. The highest BCUT2D eigenvalue weighted by atomic mass is 32.2. The number of aromatic nitrogens is 3. The van der Waals surface area contributed by atoms with E-state index in [2.05, 4.69) is 26.0 Å². The van der Waals surface area contributed by atoms with E-state index in [1.165, 1.54) is 36.0 Å². The molecule has 2 aromatic carbocycles. The van der Waals surface area contributed by atoms with Crippen molar-refractivity contribution in [2.45, 2.75) is 55.6 Å². The molecule has 0 radical (unpaired) electrons. The van der Waals surface area contributed by atoms with Gasteiger partial charge in [-0.25, -0.2) is 13.8 Å². The minimum Gasteiger partial charge on any atom is -0.508 e. The van der Waals surface area contributed by atoms with Crippen molar-refractivity contribution in [1.82, 2.24) is 25.2 Å². The Balaban J connectivity index is 1.22. The van der Waals surface area contributed by atoms with Gasteiger partial charge in [0.1, 0.15) is 33.6 Å². The van der Waals surface area contributed by atoms with E-state index >= 15 is 4.39 Å². The molecule has 3 saturated heterocycles. The van der Waals surface area contributed by atoms with Crippen LogP contribution in [0, 0.1) is 29.4 Å². The molecule has 1 aliphatic carbocycles. The Labute approximate surface area is 291 Å². The average molecular weight is 705 g/mol. The van der Waals surface area contributed by atoms with Crippen molar-refractivity contribution in [3.8, 4) is 35.4 Å². The third kappa shape index (κ3) is 6.01. The number of anilines is 1. The van der Waals surface area contributed by atoms with Gasteiger partial charge in [-0.3, -0.25) is 0 Å². The maximum atomic E-state index is 17.1. The Hall–Kier alpha value is -4.12. The van der Waals surface area contributed by atoms with Gasteiger partial charge in [-0.15, -0.1) is 18.2 Å². The maximum Gasteiger partial charge on any atom is 0.319 e. The molecule has 50 heavy (non-hydrogen) atoms. The van der Waals surface area contributed by atoms with Crippen molar-refractivity contribution < 1.29 is 27.4 Å². The van der Waals surface area contributed by atoms with E-state index in [1.807, 2.05) is 6.26 Å². The van der Waals surface area contributed by atoms with Crippen LogP contribution in [0.25, 0.3) is 32.9 Å². The lowest BCUT2D eigenvalue weighted by molar-refractivity contribution is 0.146. The molecular weight excluding hydrogens is 669 g/mol. The normalized spacial score (nSPS) is 21.5. The summed E-state index contributed by atoms with van der Waals surface area (Å²) in [7, 11) is 0. The van der Waals surface area contributed by atoms with Crippen LogP contribution >= 0.6 is 11.8 Å². The number of likely N-dealkylation sites (tertiary alicyclic amines) is 1. The molecule has 1 saturated carbocycles. The number of fused-ring (bicyclic) bond motifs is 4. The third-order valence-corrected chi connectivity index (χ3v) is 11.3. The lowest BCUT2D eigenvalue weighted by Crippen LogP contribution is -2.51. The number of hydrogen-bond donors (Lipinski definition) is 2. The van der Waals surface area contributed by atoms with E-state index in [4.69, 9.17) is 21.1 Å². The molecule has 2 unspecified atom stereocenters. The fourth-order valence-corrected chi connectivity index (χ4v) is 8.41. The third-order valence-electron chi connectivity index (χ3n) is 10.6. The summed E-state index contributed by atoms with van der Waals surface area (Å²) in [6, 6.07) is 6.08. The summed E-state index contributed by atoms with van der Waals surface area (Å²) in [4.78, 5) is 18.7. The highest BCUT2D eigenvalue weighted by Crippen LogP contribution is 2.48. The molecular formula is C37H36F4N6O2S. The molecule has 8 nitrogen and oxygen atoms in total. The number of halogens is 4.